The zero-order valence-corrected chi connectivity index (χ0v) is 14.8. The van der Waals surface area contributed by atoms with Crippen molar-refractivity contribution < 1.29 is 24.2 Å². The van der Waals surface area contributed by atoms with Crippen LogP contribution < -0.4 is 9.64 Å². The van der Waals surface area contributed by atoms with Gasteiger partial charge >= 0.3 is 5.97 Å². The molecular weight excluding hydrogens is 310 g/mol. The van der Waals surface area contributed by atoms with E-state index in [0.717, 1.165) is 0 Å². The molecule has 0 aliphatic carbocycles. The minimum Gasteiger partial charge on any atom is -0.497 e. The van der Waals surface area contributed by atoms with Crippen molar-refractivity contribution in [3.63, 3.8) is 0 Å². The Hall–Kier alpha value is -2.08. The van der Waals surface area contributed by atoms with Crippen molar-refractivity contribution in [3.05, 3.63) is 24.3 Å². The average Bonchev–Trinajstić information content (AvgIpc) is 2.50. The Morgan fingerprint density at radius 1 is 1.29 bits per heavy atom. The number of hydrogen-bond acceptors (Lipinski definition) is 4. The van der Waals surface area contributed by atoms with E-state index in [1.165, 1.54) is 4.90 Å². The van der Waals surface area contributed by atoms with Gasteiger partial charge in [0.1, 0.15) is 11.8 Å². The molecule has 1 saturated heterocycles. The number of amides is 1. The quantitative estimate of drug-likeness (QED) is 0.809. The fourth-order valence-corrected chi connectivity index (χ4v) is 2.75. The van der Waals surface area contributed by atoms with Gasteiger partial charge in [-0.15, -0.1) is 0 Å². The van der Waals surface area contributed by atoms with E-state index in [1.54, 1.807) is 38.3 Å². The number of anilines is 1. The lowest BCUT2D eigenvalue weighted by Gasteiger charge is -2.47. The Bertz CT molecular complexity index is 605. The molecule has 1 fully saturated rings. The van der Waals surface area contributed by atoms with Crippen LogP contribution in [0.1, 0.15) is 27.7 Å². The molecule has 0 aromatic heterocycles. The second kappa shape index (κ2) is 6.81. The van der Waals surface area contributed by atoms with Crippen molar-refractivity contribution in [2.24, 2.45) is 11.3 Å². The summed E-state index contributed by atoms with van der Waals surface area (Å²) in [6, 6.07) is 5.86. The van der Waals surface area contributed by atoms with Gasteiger partial charge in [-0.2, -0.15) is 0 Å². The van der Waals surface area contributed by atoms with Crippen molar-refractivity contribution in [1.29, 1.82) is 0 Å². The summed E-state index contributed by atoms with van der Waals surface area (Å²) in [6.45, 7) is 8.31. The molecule has 132 valence electrons. The summed E-state index contributed by atoms with van der Waals surface area (Å²) in [5.74, 6) is -1.28. The van der Waals surface area contributed by atoms with Gasteiger partial charge in [0, 0.05) is 5.69 Å². The van der Waals surface area contributed by atoms with Crippen molar-refractivity contribution in [3.8, 4) is 5.75 Å². The minimum absolute atomic E-state index is 0.0462. The molecule has 0 radical (unpaired) electrons. The number of benzene rings is 1. The number of carbonyl (C=O) groups is 2. The van der Waals surface area contributed by atoms with Crippen LogP contribution >= 0.6 is 0 Å². The molecule has 1 heterocycles. The number of methoxy groups -OCH3 is 1. The van der Waals surface area contributed by atoms with Gasteiger partial charge in [0.15, 0.2) is 0 Å². The third-order valence-electron chi connectivity index (χ3n) is 4.03. The molecule has 0 saturated carbocycles. The van der Waals surface area contributed by atoms with Gasteiger partial charge < -0.3 is 14.6 Å². The molecule has 0 unspecified atom stereocenters. The number of β-lactam (4-membered cyclic amide) rings is 1. The maximum atomic E-state index is 12.5. The number of ether oxygens (including phenoxy) is 2. The van der Waals surface area contributed by atoms with E-state index in [4.69, 9.17) is 9.47 Å². The summed E-state index contributed by atoms with van der Waals surface area (Å²) in [5.41, 5.74) is 0.502. The Morgan fingerprint density at radius 3 is 2.33 bits per heavy atom. The van der Waals surface area contributed by atoms with E-state index in [2.05, 4.69) is 0 Å². The smallest absolute Gasteiger partial charge is 0.327 e. The van der Waals surface area contributed by atoms with Crippen LogP contribution in [0.5, 0.6) is 5.75 Å². The average molecular weight is 335 g/mol. The molecule has 0 bridgehead atoms. The number of carboxylic acids is 1. The highest BCUT2D eigenvalue weighted by molar-refractivity contribution is 6.10. The monoisotopic (exact) mass is 335 g/mol. The molecule has 1 aliphatic heterocycles. The number of hydrogen-bond donors (Lipinski definition) is 1. The third kappa shape index (κ3) is 3.70. The molecule has 24 heavy (non-hydrogen) atoms. The van der Waals surface area contributed by atoms with E-state index in [0.29, 0.717) is 18.0 Å². The summed E-state index contributed by atoms with van der Waals surface area (Å²) < 4.78 is 10.8. The topological polar surface area (TPSA) is 76.1 Å². The third-order valence-corrected chi connectivity index (χ3v) is 4.03. The predicted molar refractivity (Wildman–Crippen MR) is 90.3 cm³/mol. The molecule has 1 aliphatic rings. The summed E-state index contributed by atoms with van der Waals surface area (Å²) >= 11 is 0. The van der Waals surface area contributed by atoms with Crippen LogP contribution in [0.15, 0.2) is 24.3 Å². The number of rotatable bonds is 6. The van der Waals surface area contributed by atoms with E-state index in [-0.39, 0.29) is 11.3 Å². The number of carbonyl (C=O) groups excluding carboxylic acids is 1. The largest absolute Gasteiger partial charge is 0.497 e. The summed E-state index contributed by atoms with van der Waals surface area (Å²) in [7, 11) is 1.55. The number of aliphatic carboxylic acids is 1. The van der Waals surface area contributed by atoms with Crippen LogP contribution in [0.3, 0.4) is 0 Å². The van der Waals surface area contributed by atoms with Gasteiger partial charge in [0.25, 0.3) is 0 Å². The Kier molecular flexibility index (Phi) is 5.18. The summed E-state index contributed by atoms with van der Waals surface area (Å²) in [4.78, 5) is 25.5. The van der Waals surface area contributed by atoms with Gasteiger partial charge in [-0.25, -0.2) is 4.79 Å². The number of nitrogens with zero attached hydrogens (tertiary/aromatic N) is 1. The fourth-order valence-electron chi connectivity index (χ4n) is 2.75. The van der Waals surface area contributed by atoms with Crippen molar-refractivity contribution in [2.75, 3.05) is 18.6 Å². The lowest BCUT2D eigenvalue weighted by atomic mass is 9.82. The van der Waals surface area contributed by atoms with Crippen LogP contribution in [0.2, 0.25) is 0 Å². The van der Waals surface area contributed by atoms with E-state index in [1.807, 2.05) is 20.8 Å². The maximum Gasteiger partial charge on any atom is 0.327 e. The van der Waals surface area contributed by atoms with E-state index in [9.17, 15) is 14.7 Å². The van der Waals surface area contributed by atoms with Crippen LogP contribution in [0.4, 0.5) is 5.69 Å². The first-order valence-corrected chi connectivity index (χ1v) is 7.97. The summed E-state index contributed by atoms with van der Waals surface area (Å²) in [5, 5.41) is 9.56. The Balaban J connectivity index is 2.15. The molecule has 2 rings (SSSR count). The first-order chi connectivity index (χ1) is 11.2. The Morgan fingerprint density at radius 2 is 1.88 bits per heavy atom. The second-order valence-electron chi connectivity index (χ2n) is 7.29. The zero-order valence-electron chi connectivity index (χ0n) is 14.8. The molecule has 1 N–H and O–H groups in total. The van der Waals surface area contributed by atoms with E-state index >= 15 is 0 Å². The number of carboxylic acid groups (broad SMARTS) is 1. The highest BCUT2D eigenvalue weighted by atomic mass is 16.5. The SMILES string of the molecule is COc1ccc(N2C(=O)[C@H]([C@@H](C)OCC(C)(C)C)[C@H]2C(=O)O)cc1. The van der Waals surface area contributed by atoms with Crippen LogP contribution in [0.25, 0.3) is 0 Å². The minimum atomic E-state index is -1.03. The first-order valence-electron chi connectivity index (χ1n) is 7.97. The lowest BCUT2D eigenvalue weighted by Crippen LogP contribution is -2.68. The van der Waals surface area contributed by atoms with Crippen molar-refractivity contribution in [1.82, 2.24) is 0 Å². The van der Waals surface area contributed by atoms with Gasteiger partial charge in [0.05, 0.1) is 25.7 Å². The molecule has 1 aromatic carbocycles. The first kappa shape index (κ1) is 18.3. The van der Waals surface area contributed by atoms with Gasteiger partial charge in [-0.1, -0.05) is 20.8 Å². The normalized spacial score (nSPS) is 22.0. The molecular formula is C18H25NO5. The maximum absolute atomic E-state index is 12.5. The molecule has 3 atom stereocenters. The van der Waals surface area contributed by atoms with Crippen molar-refractivity contribution in [2.45, 2.75) is 39.8 Å². The van der Waals surface area contributed by atoms with Gasteiger partial charge in [0.2, 0.25) is 5.91 Å². The molecule has 0 spiro atoms. The highest BCUT2D eigenvalue weighted by Gasteiger charge is 2.55. The highest BCUT2D eigenvalue weighted by Crippen LogP contribution is 2.37. The standard InChI is InChI=1S/C18H25NO5/c1-11(24-10-18(2,3)4)14-15(17(21)22)19(16(14)20)12-6-8-13(23-5)9-7-12/h6-9,11,14-15H,10H2,1-5H3,(H,21,22)/t11-,14-,15+/m1/s1. The van der Waals surface area contributed by atoms with Crippen LogP contribution in [-0.4, -0.2) is 42.8 Å². The predicted octanol–water partition coefficient (Wildman–Crippen LogP) is 2.56. The van der Waals surface area contributed by atoms with E-state index < -0.39 is 24.0 Å². The van der Waals surface area contributed by atoms with Crippen LogP contribution in [-0.2, 0) is 14.3 Å². The molecule has 6 nitrogen and oxygen atoms in total. The lowest BCUT2D eigenvalue weighted by molar-refractivity contribution is -0.155. The zero-order chi connectivity index (χ0) is 18.1. The molecule has 6 heteroatoms. The van der Waals surface area contributed by atoms with Crippen molar-refractivity contribution >= 4 is 17.6 Å². The fraction of sp³-hybridized carbons (Fsp3) is 0.556. The van der Waals surface area contributed by atoms with Gasteiger partial charge in [-0.05, 0) is 36.6 Å². The molecule has 1 amide bonds. The molecule has 1 aromatic rings. The Labute approximate surface area is 142 Å². The second-order valence-corrected chi connectivity index (χ2v) is 7.29. The van der Waals surface area contributed by atoms with Crippen LogP contribution in [0, 0.1) is 11.3 Å². The summed E-state index contributed by atoms with van der Waals surface area (Å²) in [6.07, 6.45) is -0.452. The van der Waals surface area contributed by atoms with Gasteiger partial charge in [-0.3, -0.25) is 9.69 Å².